The predicted octanol–water partition coefficient (Wildman–Crippen LogP) is 3.86. The minimum absolute atomic E-state index is 0.0725. The molecular formula is C14H17BrO4S. The van der Waals surface area contributed by atoms with Gasteiger partial charge in [-0.1, -0.05) is 0 Å². The highest BCUT2D eigenvalue weighted by Gasteiger charge is 2.25. The van der Waals surface area contributed by atoms with Crippen LogP contribution in [0.5, 0.6) is 5.75 Å². The molecule has 0 bridgehead atoms. The molecule has 1 aromatic rings. The van der Waals surface area contributed by atoms with Gasteiger partial charge in [0.2, 0.25) is 0 Å². The van der Waals surface area contributed by atoms with E-state index in [9.17, 15) is 4.79 Å². The van der Waals surface area contributed by atoms with E-state index in [2.05, 4.69) is 15.9 Å². The number of hydrogen-bond acceptors (Lipinski definition) is 5. The molecule has 0 amide bonds. The SMILES string of the molecule is COCCCOSc1cc2c(cc1Br)C(=O)CC(C)O2. The Balaban J connectivity index is 2.04. The van der Waals surface area contributed by atoms with Gasteiger partial charge in [0.15, 0.2) is 5.78 Å². The fraction of sp³-hybridized carbons (Fsp3) is 0.500. The Bertz CT molecular complexity index is 492. The molecule has 2 rings (SSSR count). The maximum absolute atomic E-state index is 11.9. The van der Waals surface area contributed by atoms with Crippen molar-refractivity contribution in [3.63, 3.8) is 0 Å². The fourth-order valence-corrected chi connectivity index (χ4v) is 3.07. The molecule has 0 fully saturated rings. The molecular weight excluding hydrogens is 344 g/mol. The summed E-state index contributed by atoms with van der Waals surface area (Å²) >= 11 is 4.75. The van der Waals surface area contributed by atoms with E-state index in [1.165, 1.54) is 12.0 Å². The smallest absolute Gasteiger partial charge is 0.170 e. The van der Waals surface area contributed by atoms with E-state index < -0.39 is 0 Å². The molecule has 1 atom stereocenters. The van der Waals surface area contributed by atoms with Gasteiger partial charge in [-0.3, -0.25) is 4.79 Å². The first-order chi connectivity index (χ1) is 9.61. The Morgan fingerprint density at radius 1 is 1.45 bits per heavy atom. The molecule has 0 spiro atoms. The second-order valence-corrected chi connectivity index (χ2v) is 6.28. The third kappa shape index (κ3) is 3.97. The number of Topliss-reactive ketones (excluding diaryl/α,β-unsaturated/α-hetero) is 1. The number of ether oxygens (including phenoxy) is 2. The van der Waals surface area contributed by atoms with Crippen molar-refractivity contribution < 1.29 is 18.5 Å². The molecule has 0 saturated heterocycles. The number of ketones is 1. The average molecular weight is 361 g/mol. The maximum Gasteiger partial charge on any atom is 0.170 e. The Hall–Kier alpha value is -0.560. The number of hydrogen-bond donors (Lipinski definition) is 0. The zero-order valence-corrected chi connectivity index (χ0v) is 13.9. The van der Waals surface area contributed by atoms with Gasteiger partial charge >= 0.3 is 0 Å². The number of carbonyl (C=O) groups excluding carboxylic acids is 1. The number of fused-ring (bicyclic) bond motifs is 1. The van der Waals surface area contributed by atoms with Crippen molar-refractivity contribution in [2.24, 2.45) is 0 Å². The van der Waals surface area contributed by atoms with Crippen LogP contribution in [0.15, 0.2) is 21.5 Å². The van der Waals surface area contributed by atoms with E-state index in [4.69, 9.17) is 13.7 Å². The number of carbonyl (C=O) groups is 1. The van der Waals surface area contributed by atoms with Crippen LogP contribution in [0.2, 0.25) is 0 Å². The van der Waals surface area contributed by atoms with Crippen LogP contribution < -0.4 is 4.74 Å². The fourth-order valence-electron chi connectivity index (χ4n) is 1.91. The minimum Gasteiger partial charge on any atom is -0.489 e. The lowest BCUT2D eigenvalue weighted by Crippen LogP contribution is -2.23. The van der Waals surface area contributed by atoms with Crippen LogP contribution in [-0.4, -0.2) is 32.2 Å². The molecule has 4 nitrogen and oxygen atoms in total. The first-order valence-electron chi connectivity index (χ1n) is 6.43. The zero-order valence-electron chi connectivity index (χ0n) is 11.5. The van der Waals surface area contributed by atoms with E-state index in [1.807, 2.05) is 19.1 Å². The van der Waals surface area contributed by atoms with Gasteiger partial charge in [0.25, 0.3) is 0 Å². The summed E-state index contributed by atoms with van der Waals surface area (Å²) in [6, 6.07) is 3.67. The number of benzene rings is 1. The van der Waals surface area contributed by atoms with E-state index in [0.29, 0.717) is 30.9 Å². The van der Waals surface area contributed by atoms with Crippen molar-refractivity contribution in [1.82, 2.24) is 0 Å². The van der Waals surface area contributed by atoms with Crippen molar-refractivity contribution in [3.8, 4) is 5.75 Å². The Morgan fingerprint density at radius 3 is 3.00 bits per heavy atom. The van der Waals surface area contributed by atoms with Gasteiger partial charge in [0, 0.05) is 36.7 Å². The molecule has 20 heavy (non-hydrogen) atoms. The summed E-state index contributed by atoms with van der Waals surface area (Å²) < 4.78 is 17.0. The summed E-state index contributed by atoms with van der Waals surface area (Å²) in [6.07, 6.45) is 1.20. The lowest BCUT2D eigenvalue weighted by atomic mass is 10.0. The van der Waals surface area contributed by atoms with Crippen molar-refractivity contribution >= 4 is 33.8 Å². The van der Waals surface area contributed by atoms with E-state index in [1.54, 1.807) is 7.11 Å². The molecule has 0 aliphatic carbocycles. The molecule has 0 N–H and O–H groups in total. The van der Waals surface area contributed by atoms with Crippen molar-refractivity contribution in [1.29, 1.82) is 0 Å². The molecule has 1 unspecified atom stereocenters. The van der Waals surface area contributed by atoms with Crippen LogP contribution in [0.1, 0.15) is 30.1 Å². The largest absolute Gasteiger partial charge is 0.489 e. The summed E-state index contributed by atoms with van der Waals surface area (Å²) in [4.78, 5) is 12.8. The topological polar surface area (TPSA) is 44.8 Å². The normalized spacial score (nSPS) is 17.8. The molecule has 0 radical (unpaired) electrons. The molecule has 1 aliphatic heterocycles. The van der Waals surface area contributed by atoms with E-state index >= 15 is 0 Å². The third-order valence-corrected chi connectivity index (χ3v) is 4.58. The van der Waals surface area contributed by atoms with Crippen LogP contribution in [0.4, 0.5) is 0 Å². The molecule has 0 saturated carbocycles. The predicted molar refractivity (Wildman–Crippen MR) is 81.5 cm³/mol. The van der Waals surface area contributed by atoms with Crippen LogP contribution in [-0.2, 0) is 8.92 Å². The Morgan fingerprint density at radius 2 is 2.25 bits per heavy atom. The number of halogens is 1. The number of methoxy groups -OCH3 is 1. The van der Waals surface area contributed by atoms with Crippen LogP contribution in [0, 0.1) is 0 Å². The zero-order chi connectivity index (χ0) is 14.5. The monoisotopic (exact) mass is 360 g/mol. The van der Waals surface area contributed by atoms with Crippen molar-refractivity contribution in [2.75, 3.05) is 20.3 Å². The third-order valence-electron chi connectivity index (χ3n) is 2.86. The molecule has 0 aromatic heterocycles. The number of rotatable bonds is 6. The highest BCUT2D eigenvalue weighted by Crippen LogP contribution is 2.37. The molecule has 1 aliphatic rings. The molecule has 1 heterocycles. The van der Waals surface area contributed by atoms with Gasteiger partial charge in [-0.2, -0.15) is 0 Å². The highest BCUT2D eigenvalue weighted by atomic mass is 79.9. The van der Waals surface area contributed by atoms with Crippen molar-refractivity contribution in [2.45, 2.75) is 30.8 Å². The van der Waals surface area contributed by atoms with Crippen LogP contribution >= 0.6 is 28.0 Å². The van der Waals surface area contributed by atoms with E-state index in [0.717, 1.165) is 15.8 Å². The second-order valence-electron chi connectivity index (χ2n) is 4.59. The van der Waals surface area contributed by atoms with Gasteiger partial charge in [-0.15, -0.1) is 0 Å². The standard InChI is InChI=1S/C14H17BrO4S/c1-9-6-12(16)10-7-11(15)14(8-13(10)19-9)20-18-5-3-4-17-2/h7-9H,3-6H2,1-2H3. The quantitative estimate of drug-likeness (QED) is 0.569. The average Bonchev–Trinajstić information content (AvgIpc) is 2.40. The van der Waals surface area contributed by atoms with Crippen LogP contribution in [0.3, 0.4) is 0 Å². The summed E-state index contributed by atoms with van der Waals surface area (Å²) in [5.74, 6) is 0.761. The molecule has 110 valence electrons. The first kappa shape index (κ1) is 15.8. The Kier molecular flexibility index (Phi) is 5.89. The first-order valence-corrected chi connectivity index (χ1v) is 7.97. The second kappa shape index (κ2) is 7.45. The van der Waals surface area contributed by atoms with Crippen LogP contribution in [0.25, 0.3) is 0 Å². The summed E-state index contributed by atoms with van der Waals surface area (Å²) in [5, 5.41) is 0. The van der Waals surface area contributed by atoms with Gasteiger partial charge < -0.3 is 13.7 Å². The highest BCUT2D eigenvalue weighted by molar-refractivity contribution is 9.10. The minimum atomic E-state index is -0.0725. The lowest BCUT2D eigenvalue weighted by molar-refractivity contribution is 0.0870. The summed E-state index contributed by atoms with van der Waals surface area (Å²) in [6.45, 7) is 3.19. The van der Waals surface area contributed by atoms with E-state index in [-0.39, 0.29) is 11.9 Å². The molecule has 6 heteroatoms. The lowest BCUT2D eigenvalue weighted by Gasteiger charge is -2.23. The Labute approximate surface area is 131 Å². The van der Waals surface area contributed by atoms with Gasteiger partial charge in [-0.05, 0) is 41.4 Å². The molecule has 1 aromatic carbocycles. The summed E-state index contributed by atoms with van der Waals surface area (Å²) in [7, 11) is 1.67. The van der Waals surface area contributed by atoms with Gasteiger partial charge in [0.05, 0.1) is 17.1 Å². The van der Waals surface area contributed by atoms with Gasteiger partial charge in [0.1, 0.15) is 11.9 Å². The van der Waals surface area contributed by atoms with Gasteiger partial charge in [-0.25, -0.2) is 0 Å². The summed E-state index contributed by atoms with van der Waals surface area (Å²) in [5.41, 5.74) is 0.638. The maximum atomic E-state index is 11.9. The van der Waals surface area contributed by atoms with Crippen molar-refractivity contribution in [3.05, 3.63) is 22.2 Å².